The topological polar surface area (TPSA) is 55.8 Å². The molecule has 23 heavy (non-hydrogen) atoms. The molecule has 4 nitrogen and oxygen atoms in total. The van der Waals surface area contributed by atoms with E-state index < -0.39 is 17.7 Å². The molecule has 1 heterocycles. The van der Waals surface area contributed by atoms with Crippen LogP contribution in [-0.4, -0.2) is 29.4 Å². The van der Waals surface area contributed by atoms with Crippen molar-refractivity contribution in [1.82, 2.24) is 0 Å². The van der Waals surface area contributed by atoms with Gasteiger partial charge < -0.3 is 14.6 Å². The van der Waals surface area contributed by atoms with Gasteiger partial charge in [-0.1, -0.05) is 25.8 Å². The second-order valence-electron chi connectivity index (χ2n) is 6.73. The zero-order chi connectivity index (χ0) is 17.2. The number of rotatable bonds is 6. The van der Waals surface area contributed by atoms with E-state index in [1.165, 1.54) is 0 Å². The lowest BCUT2D eigenvalue weighted by atomic mass is 9.85. The molecule has 1 aliphatic heterocycles. The highest BCUT2D eigenvalue weighted by Crippen LogP contribution is 2.40. The average molecular weight is 320 g/mol. The van der Waals surface area contributed by atoms with Crippen LogP contribution in [0.3, 0.4) is 0 Å². The van der Waals surface area contributed by atoms with E-state index in [4.69, 9.17) is 9.47 Å². The molecule has 4 heteroatoms. The van der Waals surface area contributed by atoms with Gasteiger partial charge in [0.1, 0.15) is 11.9 Å². The summed E-state index contributed by atoms with van der Waals surface area (Å²) in [7, 11) is 0. The number of carbonyl (C=O) groups is 1. The van der Waals surface area contributed by atoms with Crippen LogP contribution in [0.5, 0.6) is 5.75 Å². The van der Waals surface area contributed by atoms with Crippen LogP contribution in [0.25, 0.3) is 0 Å². The van der Waals surface area contributed by atoms with Crippen molar-refractivity contribution in [2.45, 2.75) is 72.0 Å². The van der Waals surface area contributed by atoms with Crippen LogP contribution >= 0.6 is 0 Å². The van der Waals surface area contributed by atoms with E-state index in [2.05, 4.69) is 13.0 Å². The molecule has 0 saturated carbocycles. The molecular weight excluding hydrogens is 292 g/mol. The molecule has 0 aliphatic carbocycles. The summed E-state index contributed by atoms with van der Waals surface area (Å²) in [5, 5.41) is 9.72. The maximum atomic E-state index is 11.9. The number of hydrogen-bond acceptors (Lipinski definition) is 3. The van der Waals surface area contributed by atoms with E-state index in [0.717, 1.165) is 47.3 Å². The number of unbranched alkanes of at least 4 members (excludes halogenated alkanes) is 2. The third-order valence-electron chi connectivity index (χ3n) is 4.92. The fraction of sp³-hybridized carbons (Fsp3) is 0.632. The zero-order valence-corrected chi connectivity index (χ0v) is 14.9. The maximum Gasteiger partial charge on any atom is 0.350 e. The number of hydrogen-bond donors (Lipinski definition) is 1. The Bertz CT molecular complexity index is 594. The Hall–Kier alpha value is -1.55. The summed E-state index contributed by atoms with van der Waals surface area (Å²) in [5.41, 5.74) is 3.01. The fourth-order valence-corrected chi connectivity index (χ4v) is 3.13. The van der Waals surface area contributed by atoms with Gasteiger partial charge in [0.05, 0.1) is 0 Å². The van der Waals surface area contributed by atoms with Crippen molar-refractivity contribution in [2.24, 2.45) is 0 Å². The van der Waals surface area contributed by atoms with Gasteiger partial charge in [-0.25, -0.2) is 4.79 Å². The van der Waals surface area contributed by atoms with Crippen LogP contribution < -0.4 is 4.74 Å². The van der Waals surface area contributed by atoms with Gasteiger partial charge in [-0.05, 0) is 50.8 Å². The third-order valence-corrected chi connectivity index (χ3v) is 4.92. The fourth-order valence-electron chi connectivity index (χ4n) is 3.13. The lowest BCUT2D eigenvalue weighted by Gasteiger charge is -2.40. The normalized spacial score (nSPS) is 23.3. The average Bonchev–Trinajstić information content (AvgIpc) is 2.50. The van der Waals surface area contributed by atoms with Gasteiger partial charge in [-0.2, -0.15) is 0 Å². The summed E-state index contributed by atoms with van der Waals surface area (Å²) >= 11 is 0. The van der Waals surface area contributed by atoms with E-state index >= 15 is 0 Å². The molecule has 0 bridgehead atoms. The van der Waals surface area contributed by atoms with Crippen molar-refractivity contribution in [3.8, 4) is 5.75 Å². The first-order valence-corrected chi connectivity index (χ1v) is 8.45. The Morgan fingerprint density at radius 2 is 2.04 bits per heavy atom. The number of benzene rings is 1. The molecule has 128 valence electrons. The Balaban J connectivity index is 2.33. The third kappa shape index (κ3) is 3.37. The van der Waals surface area contributed by atoms with Gasteiger partial charge >= 0.3 is 5.97 Å². The van der Waals surface area contributed by atoms with Gasteiger partial charge in [0.15, 0.2) is 0 Å². The number of fused-ring (bicyclic) bond motifs is 1. The summed E-state index contributed by atoms with van der Waals surface area (Å²) in [5.74, 6) is -0.247. The maximum absolute atomic E-state index is 11.9. The van der Waals surface area contributed by atoms with Crippen molar-refractivity contribution >= 4 is 5.97 Å². The van der Waals surface area contributed by atoms with Crippen molar-refractivity contribution in [1.29, 1.82) is 0 Å². The van der Waals surface area contributed by atoms with Gasteiger partial charge in [-0.3, -0.25) is 0 Å². The molecule has 0 saturated heterocycles. The van der Waals surface area contributed by atoms with E-state index in [9.17, 15) is 9.90 Å². The van der Waals surface area contributed by atoms with E-state index in [1.54, 1.807) is 6.92 Å². The smallest absolute Gasteiger partial charge is 0.350 e. The van der Waals surface area contributed by atoms with Crippen LogP contribution in [-0.2, 0) is 16.0 Å². The molecule has 1 aliphatic rings. The van der Waals surface area contributed by atoms with Crippen molar-refractivity contribution < 1.29 is 19.4 Å². The molecule has 0 aromatic heterocycles. The molecule has 2 unspecified atom stereocenters. The Kier molecular flexibility index (Phi) is 5.35. The summed E-state index contributed by atoms with van der Waals surface area (Å²) in [4.78, 5) is 11.9. The van der Waals surface area contributed by atoms with E-state index in [0.29, 0.717) is 13.0 Å². The standard InChI is InChI=1S/C19H28O4/c1-6-7-8-9-22-16-11-15-13(3)10-12(2)14(4)17(15)23-19(16,5)18(20)21/h10,16H,6-9,11H2,1-5H3,(H,20,21). The first-order valence-electron chi connectivity index (χ1n) is 8.45. The molecule has 0 amide bonds. The largest absolute Gasteiger partial charge is 0.478 e. The van der Waals surface area contributed by atoms with E-state index in [-0.39, 0.29) is 0 Å². The summed E-state index contributed by atoms with van der Waals surface area (Å²) in [6.45, 7) is 10.4. The Morgan fingerprint density at radius 1 is 1.35 bits per heavy atom. The minimum atomic E-state index is -1.34. The molecule has 1 aromatic carbocycles. The summed E-state index contributed by atoms with van der Waals surface area (Å²) in [6.07, 6.45) is 3.26. The molecule has 1 N–H and O–H groups in total. The quantitative estimate of drug-likeness (QED) is 0.806. The second kappa shape index (κ2) is 6.91. The molecule has 2 rings (SSSR count). The number of aryl methyl sites for hydroxylation is 2. The van der Waals surface area contributed by atoms with Crippen LogP contribution in [0.2, 0.25) is 0 Å². The highest BCUT2D eigenvalue weighted by atomic mass is 16.6. The van der Waals surface area contributed by atoms with Crippen LogP contribution in [0.4, 0.5) is 0 Å². The highest BCUT2D eigenvalue weighted by molar-refractivity contribution is 5.79. The van der Waals surface area contributed by atoms with E-state index in [1.807, 2.05) is 20.8 Å². The zero-order valence-electron chi connectivity index (χ0n) is 14.9. The van der Waals surface area contributed by atoms with Crippen molar-refractivity contribution in [3.63, 3.8) is 0 Å². The number of ether oxygens (including phenoxy) is 2. The van der Waals surface area contributed by atoms with Crippen LogP contribution in [0.15, 0.2) is 6.07 Å². The Morgan fingerprint density at radius 3 is 2.65 bits per heavy atom. The van der Waals surface area contributed by atoms with Crippen LogP contribution in [0.1, 0.15) is 55.4 Å². The van der Waals surface area contributed by atoms with Gasteiger partial charge in [-0.15, -0.1) is 0 Å². The van der Waals surface area contributed by atoms with Gasteiger partial charge in [0.25, 0.3) is 0 Å². The summed E-state index contributed by atoms with van der Waals surface area (Å²) in [6, 6.07) is 2.13. The predicted octanol–water partition coefficient (Wildman–Crippen LogP) is 3.97. The summed E-state index contributed by atoms with van der Waals surface area (Å²) < 4.78 is 12.0. The SMILES string of the molecule is CCCCCOC1Cc2c(C)cc(C)c(C)c2OC1(C)C(=O)O. The second-order valence-corrected chi connectivity index (χ2v) is 6.73. The number of aliphatic carboxylic acids is 1. The Labute approximate surface area is 138 Å². The minimum absolute atomic E-state index is 0.467. The predicted molar refractivity (Wildman–Crippen MR) is 90.3 cm³/mol. The molecule has 2 atom stereocenters. The molecular formula is C19H28O4. The minimum Gasteiger partial charge on any atom is -0.478 e. The van der Waals surface area contributed by atoms with Gasteiger partial charge in [0, 0.05) is 18.6 Å². The van der Waals surface area contributed by atoms with Crippen LogP contribution in [0, 0.1) is 20.8 Å². The highest BCUT2D eigenvalue weighted by Gasteiger charge is 2.49. The number of carboxylic acid groups (broad SMARTS) is 1. The lowest BCUT2D eigenvalue weighted by molar-refractivity contribution is -0.171. The molecule has 1 aromatic rings. The first kappa shape index (κ1) is 17.8. The molecule has 0 spiro atoms. The first-order chi connectivity index (χ1) is 10.8. The monoisotopic (exact) mass is 320 g/mol. The molecule has 0 fully saturated rings. The van der Waals surface area contributed by atoms with Crippen molar-refractivity contribution in [2.75, 3.05) is 6.61 Å². The molecule has 0 radical (unpaired) electrons. The lowest BCUT2D eigenvalue weighted by Crippen LogP contribution is -2.56. The van der Waals surface area contributed by atoms with Crippen molar-refractivity contribution in [3.05, 3.63) is 28.3 Å². The number of carboxylic acids is 1. The van der Waals surface area contributed by atoms with Gasteiger partial charge in [0.2, 0.25) is 5.60 Å².